The van der Waals surface area contributed by atoms with Crippen LogP contribution in [-0.2, 0) is 28.6 Å². The van der Waals surface area contributed by atoms with Crippen LogP contribution in [0.4, 0.5) is 0 Å². The molecule has 0 radical (unpaired) electrons. The van der Waals surface area contributed by atoms with Crippen molar-refractivity contribution >= 4 is 17.9 Å². The fourth-order valence-electron chi connectivity index (χ4n) is 4.41. The Hall–Kier alpha value is -1.71. The predicted molar refractivity (Wildman–Crippen MR) is 122 cm³/mol. The van der Waals surface area contributed by atoms with Crippen LogP contribution in [0.15, 0.2) is 0 Å². The zero-order valence-corrected chi connectivity index (χ0v) is 21.0. The first kappa shape index (κ1) is 25.9. The Morgan fingerprint density at radius 3 is 1.09 bits per heavy atom. The summed E-state index contributed by atoms with van der Waals surface area (Å²) < 4.78 is 17.0. The maximum absolute atomic E-state index is 12.6. The van der Waals surface area contributed by atoms with Gasteiger partial charge in [-0.05, 0) is 27.2 Å². The van der Waals surface area contributed by atoms with Crippen molar-refractivity contribution in [2.75, 3.05) is 19.8 Å². The van der Waals surface area contributed by atoms with Crippen LogP contribution >= 0.6 is 0 Å². The molecule has 3 N–H and O–H groups in total. The maximum atomic E-state index is 12.6. The molecule has 9 unspecified atom stereocenters. The van der Waals surface area contributed by atoms with Crippen molar-refractivity contribution < 1.29 is 28.6 Å². The molecule has 0 aliphatic carbocycles. The van der Waals surface area contributed by atoms with Gasteiger partial charge in [-0.3, -0.25) is 14.4 Å². The zero-order valence-electron chi connectivity index (χ0n) is 21.0. The number of nitrogens with one attached hydrogen (secondary N) is 3. The molecule has 0 aromatic rings. The minimum absolute atomic E-state index is 0.0211. The third-order valence-corrected chi connectivity index (χ3v) is 7.70. The molecule has 0 aromatic carbocycles. The number of rotatable bonds is 13. The van der Waals surface area contributed by atoms with Gasteiger partial charge in [0.15, 0.2) is 0 Å². The number of carbonyl (C=O) groups excluding carboxylic acids is 3. The van der Waals surface area contributed by atoms with Crippen LogP contribution in [-0.4, -0.2) is 74.0 Å². The van der Waals surface area contributed by atoms with E-state index in [2.05, 4.69) is 16.0 Å². The van der Waals surface area contributed by atoms with Gasteiger partial charge in [-0.25, -0.2) is 0 Å². The molecule has 3 aliphatic rings. The molecule has 188 valence electrons. The summed E-state index contributed by atoms with van der Waals surface area (Å²) in [5, 5.41) is 9.65. The largest absolute Gasteiger partial charge is 0.465 e. The van der Waals surface area contributed by atoms with Gasteiger partial charge in [-0.15, -0.1) is 0 Å². The van der Waals surface area contributed by atoms with Crippen molar-refractivity contribution in [3.05, 3.63) is 0 Å². The standard InChI is InChI=1S/C24H41N3O6/c1-8-24(9-31-21(28)12(2)18-15(5)25-18,10-32-22(29)13(3)19-16(6)26-19)11-33-23(30)14(4)20-17(7)27-20/h12-20,25-27H,8-11H2,1-7H3. The van der Waals surface area contributed by atoms with Crippen molar-refractivity contribution in [3.63, 3.8) is 0 Å². The molecule has 0 bridgehead atoms. The molecule has 3 fully saturated rings. The minimum Gasteiger partial charge on any atom is -0.465 e. The lowest BCUT2D eigenvalue weighted by Gasteiger charge is -2.32. The second-order valence-electron chi connectivity index (χ2n) is 10.5. The highest BCUT2D eigenvalue weighted by atomic mass is 16.6. The van der Waals surface area contributed by atoms with Gasteiger partial charge >= 0.3 is 17.9 Å². The summed E-state index contributed by atoms with van der Waals surface area (Å²) in [4.78, 5) is 37.8. The normalized spacial score (nSPS) is 34.3. The molecule has 0 amide bonds. The number of carbonyl (C=O) groups is 3. The van der Waals surface area contributed by atoms with Crippen LogP contribution in [0.1, 0.15) is 54.9 Å². The Balaban J connectivity index is 1.60. The van der Waals surface area contributed by atoms with Gasteiger partial charge in [-0.1, -0.05) is 27.7 Å². The minimum atomic E-state index is -0.798. The van der Waals surface area contributed by atoms with Crippen LogP contribution in [0.25, 0.3) is 0 Å². The van der Waals surface area contributed by atoms with Gasteiger partial charge in [0, 0.05) is 36.3 Å². The Bertz CT molecular complexity index is 653. The van der Waals surface area contributed by atoms with Crippen LogP contribution in [0.5, 0.6) is 0 Å². The van der Waals surface area contributed by atoms with E-state index in [1.807, 2.05) is 48.5 Å². The fourth-order valence-corrected chi connectivity index (χ4v) is 4.41. The van der Waals surface area contributed by atoms with E-state index in [0.29, 0.717) is 24.5 Å². The highest BCUT2D eigenvalue weighted by Gasteiger charge is 2.45. The summed E-state index contributed by atoms with van der Waals surface area (Å²) in [5.74, 6) is -1.73. The third kappa shape index (κ3) is 6.45. The zero-order chi connectivity index (χ0) is 24.5. The number of hydrogen-bond donors (Lipinski definition) is 3. The molecular formula is C24H41N3O6. The van der Waals surface area contributed by atoms with Gasteiger partial charge < -0.3 is 30.2 Å². The molecule has 33 heavy (non-hydrogen) atoms. The van der Waals surface area contributed by atoms with Gasteiger partial charge in [0.25, 0.3) is 0 Å². The Morgan fingerprint density at radius 2 is 0.909 bits per heavy atom. The molecule has 3 aliphatic heterocycles. The molecule has 0 aromatic heterocycles. The first-order valence-electron chi connectivity index (χ1n) is 12.3. The molecule has 9 heteroatoms. The van der Waals surface area contributed by atoms with Gasteiger partial charge in [0.1, 0.15) is 19.8 Å². The molecule has 3 saturated heterocycles. The lowest BCUT2D eigenvalue weighted by atomic mass is 9.87. The van der Waals surface area contributed by atoms with E-state index in [1.54, 1.807) is 0 Å². The van der Waals surface area contributed by atoms with Crippen LogP contribution in [0.3, 0.4) is 0 Å². The topological polar surface area (TPSA) is 145 Å². The quantitative estimate of drug-likeness (QED) is 0.205. The second-order valence-corrected chi connectivity index (χ2v) is 10.5. The number of hydrogen-bond acceptors (Lipinski definition) is 9. The maximum Gasteiger partial charge on any atom is 0.310 e. The molecule has 9 nitrogen and oxygen atoms in total. The van der Waals surface area contributed by atoms with Crippen molar-refractivity contribution in [1.29, 1.82) is 0 Å². The van der Waals surface area contributed by atoms with E-state index >= 15 is 0 Å². The predicted octanol–water partition coefficient (Wildman–Crippen LogP) is 1.00. The summed E-state index contributed by atoms with van der Waals surface area (Å²) in [5.41, 5.74) is -0.798. The SMILES string of the molecule is CCC(COC(=O)C(C)C1NC1C)(COC(=O)C(C)C1NC1C)COC(=O)C(C)C1NC1C. The smallest absolute Gasteiger partial charge is 0.310 e. The summed E-state index contributed by atoms with van der Waals surface area (Å²) in [6.07, 6.45) is 0.520. The highest BCUT2D eigenvalue weighted by Crippen LogP contribution is 2.29. The highest BCUT2D eigenvalue weighted by molar-refractivity contribution is 5.75. The third-order valence-electron chi connectivity index (χ3n) is 7.70. The molecule has 3 heterocycles. The van der Waals surface area contributed by atoms with E-state index in [1.165, 1.54) is 0 Å². The van der Waals surface area contributed by atoms with Gasteiger partial charge in [-0.2, -0.15) is 0 Å². The van der Waals surface area contributed by atoms with Crippen molar-refractivity contribution in [3.8, 4) is 0 Å². The van der Waals surface area contributed by atoms with E-state index in [9.17, 15) is 14.4 Å². The van der Waals surface area contributed by atoms with Crippen molar-refractivity contribution in [1.82, 2.24) is 16.0 Å². The average molecular weight is 468 g/mol. The molecular weight excluding hydrogens is 426 g/mol. The van der Waals surface area contributed by atoms with E-state index in [-0.39, 0.29) is 73.6 Å². The molecule has 0 spiro atoms. The Morgan fingerprint density at radius 1 is 0.667 bits per heavy atom. The van der Waals surface area contributed by atoms with Crippen molar-refractivity contribution in [2.24, 2.45) is 23.2 Å². The number of ether oxygens (including phenoxy) is 3. The molecule has 3 rings (SSSR count). The monoisotopic (exact) mass is 467 g/mol. The molecule has 9 atom stereocenters. The van der Waals surface area contributed by atoms with Gasteiger partial charge in [0.05, 0.1) is 23.2 Å². The van der Waals surface area contributed by atoms with Crippen LogP contribution in [0, 0.1) is 23.2 Å². The Kier molecular flexibility index (Phi) is 8.07. The average Bonchev–Trinajstić information content (AvgIpc) is 3.73. The molecule has 0 saturated carbocycles. The summed E-state index contributed by atoms with van der Waals surface area (Å²) >= 11 is 0. The van der Waals surface area contributed by atoms with Gasteiger partial charge in [0.2, 0.25) is 0 Å². The van der Waals surface area contributed by atoms with Crippen LogP contribution in [0.2, 0.25) is 0 Å². The van der Waals surface area contributed by atoms with Crippen molar-refractivity contribution in [2.45, 2.75) is 91.1 Å². The second kappa shape index (κ2) is 10.3. The first-order chi connectivity index (χ1) is 15.5. The summed E-state index contributed by atoms with van der Waals surface area (Å²) in [6.45, 7) is 13.6. The lowest BCUT2D eigenvalue weighted by molar-refractivity contribution is -0.167. The number of esters is 3. The van der Waals surface area contributed by atoms with E-state index in [0.717, 1.165) is 0 Å². The summed E-state index contributed by atoms with van der Waals surface area (Å²) in [7, 11) is 0. The lowest BCUT2D eigenvalue weighted by Crippen LogP contribution is -2.41. The summed E-state index contributed by atoms with van der Waals surface area (Å²) in [6, 6.07) is 1.24. The van der Waals surface area contributed by atoms with E-state index < -0.39 is 5.41 Å². The first-order valence-corrected chi connectivity index (χ1v) is 12.3. The van der Waals surface area contributed by atoms with E-state index in [4.69, 9.17) is 14.2 Å². The Labute approximate surface area is 197 Å². The fraction of sp³-hybridized carbons (Fsp3) is 0.875. The van der Waals surface area contributed by atoms with Crippen LogP contribution < -0.4 is 16.0 Å².